The summed E-state index contributed by atoms with van der Waals surface area (Å²) in [6, 6.07) is 6.12. The standard InChI is InChI=1S/C13H17N3O/c1-2-3-13(17)14-7-6-10-4-5-11-12(8-10)16-9-15-11/h4-5,8-9H,2-3,6-7H2,1H3,(H,14,17)(H,15,16). The Morgan fingerprint density at radius 3 is 3.18 bits per heavy atom. The molecule has 17 heavy (non-hydrogen) atoms. The third kappa shape index (κ3) is 3.06. The van der Waals surface area contributed by atoms with Gasteiger partial charge in [-0.1, -0.05) is 13.0 Å². The van der Waals surface area contributed by atoms with Crippen LogP contribution in [0.2, 0.25) is 0 Å². The molecule has 0 fully saturated rings. The van der Waals surface area contributed by atoms with Gasteiger partial charge in [0, 0.05) is 13.0 Å². The van der Waals surface area contributed by atoms with Crippen molar-refractivity contribution in [2.24, 2.45) is 0 Å². The molecule has 0 saturated carbocycles. The quantitative estimate of drug-likeness (QED) is 0.827. The third-order valence-electron chi connectivity index (χ3n) is 2.70. The van der Waals surface area contributed by atoms with E-state index in [0.29, 0.717) is 13.0 Å². The summed E-state index contributed by atoms with van der Waals surface area (Å²) in [6.07, 6.45) is 4.05. The van der Waals surface area contributed by atoms with Gasteiger partial charge in [-0.15, -0.1) is 0 Å². The van der Waals surface area contributed by atoms with E-state index in [4.69, 9.17) is 0 Å². The van der Waals surface area contributed by atoms with E-state index in [1.54, 1.807) is 6.33 Å². The first-order chi connectivity index (χ1) is 8.29. The Balaban J connectivity index is 1.88. The summed E-state index contributed by atoms with van der Waals surface area (Å²) in [5.41, 5.74) is 3.23. The Labute approximate surface area is 100 Å². The Bertz CT molecular complexity index is 504. The number of hydrogen-bond donors (Lipinski definition) is 2. The SMILES string of the molecule is CCCC(=O)NCCc1ccc2nc[nH]c2c1. The molecule has 90 valence electrons. The molecule has 2 rings (SSSR count). The van der Waals surface area contributed by atoms with Crippen molar-refractivity contribution in [3.8, 4) is 0 Å². The van der Waals surface area contributed by atoms with Crippen molar-refractivity contribution in [1.29, 1.82) is 0 Å². The second-order valence-electron chi connectivity index (χ2n) is 4.10. The number of nitrogens with one attached hydrogen (secondary N) is 2. The molecule has 1 aromatic heterocycles. The monoisotopic (exact) mass is 231 g/mol. The highest BCUT2D eigenvalue weighted by Crippen LogP contribution is 2.11. The average Bonchev–Trinajstić information content (AvgIpc) is 2.76. The molecule has 1 aromatic carbocycles. The predicted octanol–water partition coefficient (Wildman–Crippen LogP) is 2.02. The van der Waals surface area contributed by atoms with Gasteiger partial charge in [0.05, 0.1) is 17.4 Å². The molecule has 0 unspecified atom stereocenters. The van der Waals surface area contributed by atoms with Crippen LogP contribution in [0.4, 0.5) is 0 Å². The van der Waals surface area contributed by atoms with E-state index < -0.39 is 0 Å². The number of aromatic nitrogens is 2. The van der Waals surface area contributed by atoms with Gasteiger partial charge in [0.1, 0.15) is 0 Å². The molecule has 2 N–H and O–H groups in total. The number of hydrogen-bond acceptors (Lipinski definition) is 2. The molecule has 1 amide bonds. The van der Waals surface area contributed by atoms with Crippen LogP contribution in [0.1, 0.15) is 25.3 Å². The highest BCUT2D eigenvalue weighted by atomic mass is 16.1. The number of rotatable bonds is 5. The van der Waals surface area contributed by atoms with Crippen molar-refractivity contribution in [1.82, 2.24) is 15.3 Å². The van der Waals surface area contributed by atoms with E-state index in [2.05, 4.69) is 27.4 Å². The van der Waals surface area contributed by atoms with Crippen molar-refractivity contribution in [2.45, 2.75) is 26.2 Å². The van der Waals surface area contributed by atoms with E-state index in [0.717, 1.165) is 23.9 Å². The Kier molecular flexibility index (Phi) is 3.75. The van der Waals surface area contributed by atoms with E-state index in [1.807, 2.05) is 13.0 Å². The third-order valence-corrected chi connectivity index (χ3v) is 2.70. The topological polar surface area (TPSA) is 57.8 Å². The number of amides is 1. The van der Waals surface area contributed by atoms with Crippen molar-refractivity contribution in [2.75, 3.05) is 6.54 Å². The summed E-state index contributed by atoms with van der Waals surface area (Å²) in [5, 5.41) is 2.91. The number of imidazole rings is 1. The van der Waals surface area contributed by atoms with Crippen LogP contribution < -0.4 is 5.32 Å². The molecule has 4 nitrogen and oxygen atoms in total. The number of fused-ring (bicyclic) bond motifs is 1. The maximum Gasteiger partial charge on any atom is 0.219 e. The summed E-state index contributed by atoms with van der Waals surface area (Å²) in [4.78, 5) is 18.5. The zero-order valence-corrected chi connectivity index (χ0v) is 9.99. The van der Waals surface area contributed by atoms with Crippen LogP contribution in [0.3, 0.4) is 0 Å². The smallest absolute Gasteiger partial charge is 0.219 e. The molecule has 0 bridgehead atoms. The van der Waals surface area contributed by atoms with Crippen molar-refractivity contribution < 1.29 is 4.79 Å². The lowest BCUT2D eigenvalue weighted by Crippen LogP contribution is -2.25. The summed E-state index contributed by atoms with van der Waals surface area (Å²) in [7, 11) is 0. The summed E-state index contributed by atoms with van der Waals surface area (Å²) < 4.78 is 0. The van der Waals surface area contributed by atoms with Crippen molar-refractivity contribution in [3.63, 3.8) is 0 Å². The minimum absolute atomic E-state index is 0.134. The molecular formula is C13H17N3O. The van der Waals surface area contributed by atoms with Crippen LogP contribution in [0.15, 0.2) is 24.5 Å². The normalized spacial score (nSPS) is 10.6. The number of carbonyl (C=O) groups excluding carboxylic acids is 1. The van der Waals surface area contributed by atoms with Gasteiger partial charge in [-0.2, -0.15) is 0 Å². The van der Waals surface area contributed by atoms with Gasteiger partial charge in [0.25, 0.3) is 0 Å². The number of nitrogens with zero attached hydrogens (tertiary/aromatic N) is 1. The lowest BCUT2D eigenvalue weighted by Gasteiger charge is -2.04. The van der Waals surface area contributed by atoms with Crippen LogP contribution in [0.25, 0.3) is 11.0 Å². The number of H-pyrrole nitrogens is 1. The van der Waals surface area contributed by atoms with Gasteiger partial charge in [0.15, 0.2) is 0 Å². The molecular weight excluding hydrogens is 214 g/mol. The molecule has 0 radical (unpaired) electrons. The average molecular weight is 231 g/mol. The molecule has 0 aliphatic rings. The molecule has 4 heteroatoms. The number of carbonyl (C=O) groups is 1. The summed E-state index contributed by atoms with van der Waals surface area (Å²) in [5.74, 6) is 0.134. The highest BCUT2D eigenvalue weighted by Gasteiger charge is 2.00. The lowest BCUT2D eigenvalue weighted by molar-refractivity contribution is -0.121. The molecule has 0 aliphatic heterocycles. The minimum Gasteiger partial charge on any atom is -0.356 e. The highest BCUT2D eigenvalue weighted by molar-refractivity contribution is 5.76. The fourth-order valence-corrected chi connectivity index (χ4v) is 1.80. The zero-order chi connectivity index (χ0) is 12.1. The fraction of sp³-hybridized carbons (Fsp3) is 0.385. The van der Waals surface area contributed by atoms with Crippen LogP contribution >= 0.6 is 0 Å². The van der Waals surface area contributed by atoms with Gasteiger partial charge >= 0.3 is 0 Å². The van der Waals surface area contributed by atoms with Gasteiger partial charge in [0.2, 0.25) is 5.91 Å². The van der Waals surface area contributed by atoms with E-state index in [1.165, 1.54) is 5.56 Å². The fourth-order valence-electron chi connectivity index (χ4n) is 1.80. The number of aromatic amines is 1. The Hall–Kier alpha value is -1.84. The van der Waals surface area contributed by atoms with Crippen LogP contribution in [-0.2, 0) is 11.2 Å². The zero-order valence-electron chi connectivity index (χ0n) is 9.99. The van der Waals surface area contributed by atoms with Crippen LogP contribution in [-0.4, -0.2) is 22.4 Å². The lowest BCUT2D eigenvalue weighted by atomic mass is 10.1. The minimum atomic E-state index is 0.134. The van der Waals surface area contributed by atoms with Crippen LogP contribution in [0, 0.1) is 0 Å². The maximum absolute atomic E-state index is 11.3. The van der Waals surface area contributed by atoms with Gasteiger partial charge < -0.3 is 10.3 Å². The van der Waals surface area contributed by atoms with Crippen molar-refractivity contribution >= 4 is 16.9 Å². The van der Waals surface area contributed by atoms with Crippen molar-refractivity contribution in [3.05, 3.63) is 30.1 Å². The van der Waals surface area contributed by atoms with Gasteiger partial charge in [-0.3, -0.25) is 4.79 Å². The Morgan fingerprint density at radius 1 is 1.47 bits per heavy atom. The molecule has 0 aliphatic carbocycles. The first-order valence-corrected chi connectivity index (χ1v) is 5.98. The van der Waals surface area contributed by atoms with Gasteiger partial charge in [-0.25, -0.2) is 4.98 Å². The van der Waals surface area contributed by atoms with E-state index in [9.17, 15) is 4.79 Å². The number of benzene rings is 1. The molecule has 1 heterocycles. The second kappa shape index (κ2) is 5.48. The van der Waals surface area contributed by atoms with E-state index in [-0.39, 0.29) is 5.91 Å². The van der Waals surface area contributed by atoms with Gasteiger partial charge in [-0.05, 0) is 30.5 Å². The Morgan fingerprint density at radius 2 is 2.35 bits per heavy atom. The first-order valence-electron chi connectivity index (χ1n) is 5.98. The molecule has 0 saturated heterocycles. The maximum atomic E-state index is 11.3. The second-order valence-corrected chi connectivity index (χ2v) is 4.10. The van der Waals surface area contributed by atoms with E-state index >= 15 is 0 Å². The molecule has 0 spiro atoms. The summed E-state index contributed by atoms with van der Waals surface area (Å²) >= 11 is 0. The predicted molar refractivity (Wildman–Crippen MR) is 67.7 cm³/mol. The molecule has 0 atom stereocenters. The first kappa shape index (κ1) is 11.6. The van der Waals surface area contributed by atoms with Crippen LogP contribution in [0.5, 0.6) is 0 Å². The largest absolute Gasteiger partial charge is 0.356 e. The summed E-state index contributed by atoms with van der Waals surface area (Å²) in [6.45, 7) is 2.70. The molecule has 2 aromatic rings.